The van der Waals surface area contributed by atoms with Crippen LogP contribution in [0.4, 0.5) is 5.69 Å². The average molecular weight is 353 g/mol. The van der Waals surface area contributed by atoms with Crippen LogP contribution in [-0.2, 0) is 16.1 Å². The van der Waals surface area contributed by atoms with E-state index in [1.807, 2.05) is 75.4 Å². The van der Waals surface area contributed by atoms with Gasteiger partial charge in [-0.1, -0.05) is 63.2 Å². The molecule has 0 aliphatic carbocycles. The van der Waals surface area contributed by atoms with Crippen LogP contribution in [0, 0.1) is 11.8 Å². The Morgan fingerprint density at radius 2 is 1.54 bits per heavy atom. The van der Waals surface area contributed by atoms with Gasteiger partial charge < -0.3 is 16.4 Å². The van der Waals surface area contributed by atoms with Crippen LogP contribution in [0.5, 0.6) is 0 Å². The van der Waals surface area contributed by atoms with Gasteiger partial charge in [-0.05, 0) is 23.3 Å². The van der Waals surface area contributed by atoms with E-state index < -0.39 is 0 Å². The summed E-state index contributed by atoms with van der Waals surface area (Å²) in [5.41, 5.74) is 8.85. The summed E-state index contributed by atoms with van der Waals surface area (Å²) in [6, 6.07) is 16.7. The van der Waals surface area contributed by atoms with Crippen LogP contribution < -0.4 is 16.4 Å². The van der Waals surface area contributed by atoms with Crippen LogP contribution in [0.15, 0.2) is 54.6 Å². The molecule has 0 saturated carbocycles. The first kappa shape index (κ1) is 19.7. The molecule has 0 fully saturated rings. The fourth-order valence-electron chi connectivity index (χ4n) is 2.47. The molecule has 0 bridgehead atoms. The maximum atomic E-state index is 12.4. The Morgan fingerprint density at radius 3 is 2.12 bits per heavy atom. The first-order chi connectivity index (χ1) is 12.4. The molecule has 26 heavy (non-hydrogen) atoms. The van der Waals surface area contributed by atoms with Crippen molar-refractivity contribution in [2.45, 2.75) is 33.4 Å². The minimum atomic E-state index is -0.343. The van der Waals surface area contributed by atoms with Gasteiger partial charge in [-0.3, -0.25) is 9.59 Å². The maximum absolute atomic E-state index is 12.4. The first-order valence-corrected chi connectivity index (χ1v) is 8.86. The highest BCUT2D eigenvalue weighted by atomic mass is 16.2. The van der Waals surface area contributed by atoms with Gasteiger partial charge in [0, 0.05) is 24.2 Å². The van der Waals surface area contributed by atoms with Gasteiger partial charge in [-0.25, -0.2) is 0 Å². The van der Waals surface area contributed by atoms with Crippen molar-refractivity contribution in [3.8, 4) is 0 Å². The summed E-state index contributed by atoms with van der Waals surface area (Å²) in [5.74, 6) is -0.500. The van der Waals surface area contributed by atoms with Crippen molar-refractivity contribution in [1.29, 1.82) is 0 Å². The molecule has 0 saturated heterocycles. The van der Waals surface area contributed by atoms with Gasteiger partial charge in [0.15, 0.2) is 0 Å². The second-order valence-corrected chi connectivity index (χ2v) is 6.78. The Morgan fingerprint density at radius 1 is 0.923 bits per heavy atom. The lowest BCUT2D eigenvalue weighted by Crippen LogP contribution is -2.35. The van der Waals surface area contributed by atoms with Gasteiger partial charge in [-0.2, -0.15) is 0 Å². The van der Waals surface area contributed by atoms with E-state index in [4.69, 9.17) is 5.73 Å². The molecule has 2 atom stereocenters. The van der Waals surface area contributed by atoms with Crippen LogP contribution in [0.2, 0.25) is 0 Å². The molecule has 2 aromatic rings. The van der Waals surface area contributed by atoms with E-state index in [9.17, 15) is 9.59 Å². The average Bonchev–Trinajstić information content (AvgIpc) is 2.66. The van der Waals surface area contributed by atoms with Crippen LogP contribution >= 0.6 is 0 Å². The molecule has 2 rings (SSSR count). The van der Waals surface area contributed by atoms with Crippen molar-refractivity contribution in [3.05, 3.63) is 65.7 Å². The Labute approximate surface area is 155 Å². The topological polar surface area (TPSA) is 84.2 Å². The van der Waals surface area contributed by atoms with Crippen molar-refractivity contribution >= 4 is 17.5 Å². The molecule has 138 valence electrons. The predicted molar refractivity (Wildman–Crippen MR) is 104 cm³/mol. The third kappa shape index (κ3) is 5.43. The lowest BCUT2D eigenvalue weighted by atomic mass is 9.94. The second-order valence-electron chi connectivity index (χ2n) is 6.78. The zero-order valence-corrected chi connectivity index (χ0v) is 15.5. The highest BCUT2D eigenvalue weighted by Gasteiger charge is 2.21. The number of carbonyl (C=O) groups excluding carboxylic acids is 2. The van der Waals surface area contributed by atoms with Gasteiger partial charge in [0.1, 0.15) is 0 Å². The van der Waals surface area contributed by atoms with E-state index in [1.165, 1.54) is 0 Å². The zero-order valence-electron chi connectivity index (χ0n) is 15.5. The molecule has 2 unspecified atom stereocenters. The molecule has 0 aliphatic heterocycles. The first-order valence-electron chi connectivity index (χ1n) is 8.86. The molecule has 2 aromatic carbocycles. The molecule has 0 aliphatic rings. The Balaban J connectivity index is 1.87. The fraction of sp³-hybridized carbons (Fsp3) is 0.333. The molecule has 5 nitrogen and oxygen atoms in total. The Bertz CT molecular complexity index is 727. The van der Waals surface area contributed by atoms with E-state index in [2.05, 4.69) is 10.6 Å². The molecule has 4 N–H and O–H groups in total. The van der Waals surface area contributed by atoms with Crippen molar-refractivity contribution in [3.63, 3.8) is 0 Å². The largest absolute Gasteiger partial charge is 0.352 e. The number of amides is 2. The molecular weight excluding hydrogens is 326 g/mol. The van der Waals surface area contributed by atoms with E-state index in [0.29, 0.717) is 6.54 Å². The van der Waals surface area contributed by atoms with Crippen molar-refractivity contribution in [2.75, 3.05) is 5.32 Å². The van der Waals surface area contributed by atoms with E-state index >= 15 is 0 Å². The number of rotatable bonds is 7. The van der Waals surface area contributed by atoms with Crippen molar-refractivity contribution in [1.82, 2.24) is 5.32 Å². The second kappa shape index (κ2) is 9.15. The SMILES string of the molecule is CC(C)C(=O)Nc1ccc(CNC(=O)C(C)C(N)c2ccccc2)cc1. The molecular formula is C21H27N3O2. The normalized spacial score (nSPS) is 13.1. The van der Waals surface area contributed by atoms with Crippen molar-refractivity contribution < 1.29 is 9.59 Å². The van der Waals surface area contributed by atoms with Gasteiger partial charge in [0.25, 0.3) is 0 Å². The Hall–Kier alpha value is -2.66. The summed E-state index contributed by atoms with van der Waals surface area (Å²) in [4.78, 5) is 24.1. The number of carbonyl (C=O) groups is 2. The lowest BCUT2D eigenvalue weighted by Gasteiger charge is -2.20. The number of hydrogen-bond donors (Lipinski definition) is 3. The number of nitrogens with two attached hydrogens (primary N) is 1. The summed E-state index contributed by atoms with van der Waals surface area (Å²) in [5, 5.41) is 5.76. The maximum Gasteiger partial charge on any atom is 0.226 e. The van der Waals surface area contributed by atoms with Crippen LogP contribution in [0.25, 0.3) is 0 Å². The highest BCUT2D eigenvalue weighted by Crippen LogP contribution is 2.19. The van der Waals surface area contributed by atoms with Gasteiger partial charge in [0.2, 0.25) is 11.8 Å². The molecule has 0 aromatic heterocycles. The van der Waals surface area contributed by atoms with Gasteiger partial charge in [0.05, 0.1) is 5.92 Å². The standard InChI is InChI=1S/C21H27N3O2/c1-14(2)20(25)24-18-11-9-16(10-12-18)13-23-21(26)15(3)19(22)17-7-5-4-6-8-17/h4-12,14-15,19H,13,22H2,1-3H3,(H,23,26)(H,24,25). The van der Waals surface area contributed by atoms with E-state index in [0.717, 1.165) is 16.8 Å². The summed E-state index contributed by atoms with van der Waals surface area (Å²) in [6.45, 7) is 5.95. The minimum Gasteiger partial charge on any atom is -0.352 e. The van der Waals surface area contributed by atoms with Crippen LogP contribution in [0.3, 0.4) is 0 Å². The van der Waals surface area contributed by atoms with E-state index in [-0.39, 0.29) is 29.7 Å². The van der Waals surface area contributed by atoms with Crippen LogP contribution in [0.1, 0.15) is 37.9 Å². The summed E-state index contributed by atoms with van der Waals surface area (Å²) < 4.78 is 0. The quantitative estimate of drug-likeness (QED) is 0.714. The Kier molecular flexibility index (Phi) is 6.92. The summed E-state index contributed by atoms with van der Waals surface area (Å²) in [7, 11) is 0. The third-order valence-corrected chi connectivity index (χ3v) is 4.35. The third-order valence-electron chi connectivity index (χ3n) is 4.35. The van der Waals surface area contributed by atoms with Crippen LogP contribution in [-0.4, -0.2) is 11.8 Å². The number of benzene rings is 2. The summed E-state index contributed by atoms with van der Waals surface area (Å²) >= 11 is 0. The molecule has 2 amide bonds. The molecule has 5 heteroatoms. The van der Waals surface area contributed by atoms with E-state index in [1.54, 1.807) is 0 Å². The minimum absolute atomic E-state index is 0.0187. The zero-order chi connectivity index (χ0) is 19.1. The predicted octanol–water partition coefficient (Wildman–Crippen LogP) is 3.23. The van der Waals surface area contributed by atoms with Gasteiger partial charge in [-0.15, -0.1) is 0 Å². The smallest absolute Gasteiger partial charge is 0.226 e. The number of anilines is 1. The summed E-state index contributed by atoms with van der Waals surface area (Å²) in [6.07, 6.45) is 0. The monoisotopic (exact) mass is 353 g/mol. The number of nitrogens with one attached hydrogen (secondary N) is 2. The fourth-order valence-corrected chi connectivity index (χ4v) is 2.47. The lowest BCUT2D eigenvalue weighted by molar-refractivity contribution is -0.125. The number of hydrogen-bond acceptors (Lipinski definition) is 3. The van der Waals surface area contributed by atoms with Crippen molar-refractivity contribution in [2.24, 2.45) is 17.6 Å². The molecule has 0 heterocycles. The molecule has 0 radical (unpaired) electrons. The molecule has 0 spiro atoms. The van der Waals surface area contributed by atoms with Gasteiger partial charge >= 0.3 is 0 Å². The highest BCUT2D eigenvalue weighted by molar-refractivity contribution is 5.92.